The van der Waals surface area contributed by atoms with E-state index in [-0.39, 0.29) is 30.2 Å². The molecule has 1 heterocycles. The van der Waals surface area contributed by atoms with Crippen LogP contribution in [0.2, 0.25) is 0 Å². The zero-order valence-corrected chi connectivity index (χ0v) is 15.2. The van der Waals surface area contributed by atoms with Crippen LogP contribution in [0.1, 0.15) is 32.1 Å². The molecule has 8 heteroatoms. The number of non-ortho nitro benzene ring substituents is 1. The average molecular weight is 372 g/mol. The van der Waals surface area contributed by atoms with Crippen LogP contribution in [0.3, 0.4) is 0 Å². The number of nitrogens with one attached hydrogen (secondary N) is 1. The Morgan fingerprint density at radius 3 is 2.81 bits per heavy atom. The zero-order valence-electron chi connectivity index (χ0n) is 15.2. The Hall–Kier alpha value is -2.66. The molecule has 1 aromatic carbocycles. The minimum atomic E-state index is -0.431. The highest BCUT2D eigenvalue weighted by molar-refractivity contribution is 5.79. The summed E-state index contributed by atoms with van der Waals surface area (Å²) in [5, 5.41) is 23.1. The lowest BCUT2D eigenvalue weighted by Gasteiger charge is -2.21. The zero-order chi connectivity index (χ0) is 19.2. The quantitative estimate of drug-likeness (QED) is 0.581. The van der Waals surface area contributed by atoms with Gasteiger partial charge in [-0.1, -0.05) is 0 Å². The Morgan fingerprint density at radius 1 is 1.33 bits per heavy atom. The Morgan fingerprint density at radius 2 is 2.11 bits per heavy atom. The van der Waals surface area contributed by atoms with E-state index in [0.29, 0.717) is 24.8 Å². The molecule has 3 rings (SSSR count). The van der Waals surface area contributed by atoms with Crippen molar-refractivity contribution in [2.75, 3.05) is 19.7 Å². The summed E-state index contributed by atoms with van der Waals surface area (Å²) in [4.78, 5) is 24.2. The van der Waals surface area contributed by atoms with Crippen molar-refractivity contribution >= 4 is 11.6 Å². The number of nitrogens with zero attached hydrogens (tertiary/aromatic N) is 3. The third kappa shape index (κ3) is 4.95. The highest BCUT2D eigenvalue weighted by Gasteiger charge is 2.30. The highest BCUT2D eigenvalue weighted by Crippen LogP contribution is 2.27. The van der Waals surface area contributed by atoms with Crippen molar-refractivity contribution in [2.24, 2.45) is 5.92 Å². The molecule has 1 saturated carbocycles. The molecule has 144 valence electrons. The maximum Gasteiger partial charge on any atom is 0.269 e. The van der Waals surface area contributed by atoms with Gasteiger partial charge in [-0.15, -0.1) is 0 Å². The number of carbonyl (C=O) groups excluding carboxylic acids is 1. The number of ether oxygens (including phenoxy) is 1. The lowest BCUT2D eigenvalue weighted by Crippen LogP contribution is -2.42. The predicted octanol–water partition coefficient (Wildman–Crippen LogP) is 2.25. The van der Waals surface area contributed by atoms with Crippen molar-refractivity contribution in [3.8, 4) is 11.8 Å². The van der Waals surface area contributed by atoms with E-state index in [2.05, 4.69) is 11.4 Å². The normalized spacial score (nSPS) is 24.6. The van der Waals surface area contributed by atoms with Crippen LogP contribution in [-0.4, -0.2) is 47.5 Å². The minimum Gasteiger partial charge on any atom is -0.493 e. The molecule has 1 saturated heterocycles. The first-order valence-electron chi connectivity index (χ1n) is 9.36. The second kappa shape index (κ2) is 8.82. The molecular weight excluding hydrogens is 348 g/mol. The van der Waals surface area contributed by atoms with Crippen molar-refractivity contribution < 1.29 is 14.5 Å². The molecule has 2 fully saturated rings. The van der Waals surface area contributed by atoms with Gasteiger partial charge in [0.15, 0.2) is 0 Å². The lowest BCUT2D eigenvalue weighted by molar-refractivity contribution is -0.384. The van der Waals surface area contributed by atoms with Crippen LogP contribution < -0.4 is 10.1 Å². The van der Waals surface area contributed by atoms with E-state index in [1.54, 1.807) is 17.0 Å². The van der Waals surface area contributed by atoms with E-state index >= 15 is 0 Å². The summed E-state index contributed by atoms with van der Waals surface area (Å²) in [5.41, 5.74) is 0.0498. The maximum atomic E-state index is 12.3. The number of nitro benzene ring substituents is 1. The van der Waals surface area contributed by atoms with Crippen molar-refractivity contribution in [2.45, 2.75) is 44.2 Å². The topological polar surface area (TPSA) is 108 Å². The van der Waals surface area contributed by atoms with Gasteiger partial charge < -0.3 is 15.0 Å². The summed E-state index contributed by atoms with van der Waals surface area (Å²) in [6, 6.07) is 8.31. The number of benzene rings is 1. The van der Waals surface area contributed by atoms with Gasteiger partial charge in [0.05, 0.1) is 24.1 Å². The summed E-state index contributed by atoms with van der Waals surface area (Å²) < 4.78 is 5.75. The first kappa shape index (κ1) is 19.1. The second-order valence-corrected chi connectivity index (χ2v) is 7.19. The van der Waals surface area contributed by atoms with Crippen molar-refractivity contribution in [3.63, 3.8) is 0 Å². The molecule has 0 radical (unpaired) electrons. The number of hydrogen-bond acceptors (Lipinski definition) is 6. The minimum absolute atomic E-state index is 0.00429. The monoisotopic (exact) mass is 372 g/mol. The van der Waals surface area contributed by atoms with Gasteiger partial charge in [0, 0.05) is 24.7 Å². The van der Waals surface area contributed by atoms with Crippen LogP contribution in [-0.2, 0) is 4.79 Å². The molecule has 3 atom stereocenters. The number of carbonyl (C=O) groups is 1. The molecule has 0 bridgehead atoms. The molecule has 8 nitrogen and oxygen atoms in total. The van der Waals surface area contributed by atoms with Gasteiger partial charge in [-0.3, -0.25) is 14.9 Å². The summed E-state index contributed by atoms with van der Waals surface area (Å²) in [6.07, 6.45) is 4.61. The smallest absolute Gasteiger partial charge is 0.269 e. The number of nitro groups is 1. The standard InChI is InChI=1S/C19H24N4O4/c20-11-17-2-1-9-22(17)19(24)12-21-15-4-3-14(10-15)13-27-18-7-5-16(6-8-18)23(25)26/h5-8,14-15,17,21H,1-4,9-10,12-13H2. The van der Waals surface area contributed by atoms with Gasteiger partial charge in [-0.25, -0.2) is 0 Å². The van der Waals surface area contributed by atoms with E-state index in [1.807, 2.05) is 0 Å². The van der Waals surface area contributed by atoms with Crippen molar-refractivity contribution in [1.29, 1.82) is 5.26 Å². The second-order valence-electron chi connectivity index (χ2n) is 7.19. The fraction of sp³-hybridized carbons (Fsp3) is 0.579. The molecule has 0 spiro atoms. The summed E-state index contributed by atoms with van der Waals surface area (Å²) in [7, 11) is 0. The van der Waals surface area contributed by atoms with E-state index in [1.165, 1.54) is 12.1 Å². The van der Waals surface area contributed by atoms with E-state index in [9.17, 15) is 14.9 Å². The lowest BCUT2D eigenvalue weighted by atomic mass is 10.1. The van der Waals surface area contributed by atoms with E-state index < -0.39 is 4.92 Å². The number of amides is 1. The maximum absolute atomic E-state index is 12.3. The molecule has 2 aliphatic rings. The predicted molar refractivity (Wildman–Crippen MR) is 98.1 cm³/mol. The van der Waals surface area contributed by atoms with Gasteiger partial charge in [-0.05, 0) is 50.2 Å². The summed E-state index contributed by atoms with van der Waals surface area (Å²) >= 11 is 0. The molecular formula is C19H24N4O4. The summed E-state index contributed by atoms with van der Waals surface area (Å²) in [6.45, 7) is 1.51. The van der Waals surface area contributed by atoms with Crippen LogP contribution in [0.5, 0.6) is 5.75 Å². The van der Waals surface area contributed by atoms with E-state index in [4.69, 9.17) is 10.00 Å². The third-order valence-electron chi connectivity index (χ3n) is 5.34. The largest absolute Gasteiger partial charge is 0.493 e. The highest BCUT2D eigenvalue weighted by atomic mass is 16.6. The van der Waals surface area contributed by atoms with Crippen LogP contribution in [0, 0.1) is 27.4 Å². The fourth-order valence-electron chi connectivity index (χ4n) is 3.82. The van der Waals surface area contributed by atoms with Gasteiger partial charge >= 0.3 is 0 Å². The van der Waals surface area contributed by atoms with Crippen molar-refractivity contribution in [3.05, 3.63) is 34.4 Å². The Balaban J connectivity index is 1.38. The molecule has 1 aliphatic carbocycles. The Labute approximate surface area is 158 Å². The first-order chi connectivity index (χ1) is 13.1. The Bertz CT molecular complexity index is 715. The van der Waals surface area contributed by atoms with E-state index in [0.717, 1.165) is 32.1 Å². The average Bonchev–Trinajstić information content (AvgIpc) is 3.34. The van der Waals surface area contributed by atoms with Crippen LogP contribution in [0.15, 0.2) is 24.3 Å². The molecule has 0 aromatic heterocycles. The van der Waals surface area contributed by atoms with Gasteiger partial charge in [-0.2, -0.15) is 5.26 Å². The van der Waals surface area contributed by atoms with Crippen molar-refractivity contribution in [1.82, 2.24) is 10.2 Å². The van der Waals surface area contributed by atoms with Gasteiger partial charge in [0.2, 0.25) is 5.91 Å². The van der Waals surface area contributed by atoms with Crippen LogP contribution in [0.25, 0.3) is 0 Å². The molecule has 1 aromatic rings. The molecule has 1 amide bonds. The molecule has 1 aliphatic heterocycles. The number of likely N-dealkylation sites (tertiary alicyclic amines) is 1. The van der Waals surface area contributed by atoms with Gasteiger partial charge in [0.25, 0.3) is 5.69 Å². The fourth-order valence-corrected chi connectivity index (χ4v) is 3.82. The van der Waals surface area contributed by atoms with Crippen LogP contribution >= 0.6 is 0 Å². The first-order valence-corrected chi connectivity index (χ1v) is 9.36. The molecule has 27 heavy (non-hydrogen) atoms. The number of nitriles is 1. The Kier molecular flexibility index (Phi) is 6.24. The van der Waals surface area contributed by atoms with Gasteiger partial charge in [0.1, 0.15) is 11.8 Å². The molecule has 3 unspecified atom stereocenters. The SMILES string of the molecule is N#CC1CCCN1C(=O)CNC1CCC(COc2ccc([N+](=O)[O-])cc2)C1. The number of hydrogen-bond donors (Lipinski definition) is 1. The molecule has 1 N–H and O–H groups in total. The number of rotatable bonds is 7. The third-order valence-corrected chi connectivity index (χ3v) is 5.34. The summed E-state index contributed by atoms with van der Waals surface area (Å²) in [5.74, 6) is 1.03. The van der Waals surface area contributed by atoms with Crippen LogP contribution in [0.4, 0.5) is 5.69 Å².